The van der Waals surface area contributed by atoms with E-state index in [4.69, 9.17) is 9.47 Å². The van der Waals surface area contributed by atoms with E-state index in [0.29, 0.717) is 13.1 Å². The summed E-state index contributed by atoms with van der Waals surface area (Å²) in [6, 6.07) is 9.28. The molecule has 1 saturated heterocycles. The first-order chi connectivity index (χ1) is 12.2. The molecular weight excluding hydrogens is 332 g/mol. The predicted molar refractivity (Wildman–Crippen MR) is 99.7 cm³/mol. The maximum atomic E-state index is 12.4. The second-order valence-electron chi connectivity index (χ2n) is 7.65. The van der Waals surface area contributed by atoms with Gasteiger partial charge in [0.15, 0.2) is 0 Å². The van der Waals surface area contributed by atoms with Gasteiger partial charge in [-0.25, -0.2) is 9.59 Å². The van der Waals surface area contributed by atoms with Crippen LogP contribution in [0.1, 0.15) is 33.3 Å². The first-order valence-electron chi connectivity index (χ1n) is 8.76. The third-order valence-corrected chi connectivity index (χ3v) is 4.12. The summed E-state index contributed by atoms with van der Waals surface area (Å²) in [5.74, 6) is -0.0354. The zero-order valence-electron chi connectivity index (χ0n) is 16.0. The Kier molecular flexibility index (Phi) is 6.29. The minimum atomic E-state index is -0.574. The number of carbonyl (C=O) groups excluding carboxylic acids is 2. The molecule has 1 fully saturated rings. The van der Waals surface area contributed by atoms with Gasteiger partial charge in [0, 0.05) is 19.0 Å². The van der Waals surface area contributed by atoms with Crippen LogP contribution in [0.3, 0.4) is 0 Å². The van der Waals surface area contributed by atoms with Crippen molar-refractivity contribution in [2.45, 2.75) is 45.9 Å². The molecule has 26 heavy (non-hydrogen) atoms. The van der Waals surface area contributed by atoms with Crippen LogP contribution in [0.5, 0.6) is 0 Å². The van der Waals surface area contributed by atoms with Gasteiger partial charge in [-0.3, -0.25) is 0 Å². The van der Waals surface area contributed by atoms with E-state index in [1.54, 1.807) is 4.90 Å². The van der Waals surface area contributed by atoms with Crippen LogP contribution in [0.2, 0.25) is 0 Å². The number of benzene rings is 1. The number of alkyl carbamates (subject to hydrolysis) is 1. The van der Waals surface area contributed by atoms with Gasteiger partial charge in [0.2, 0.25) is 0 Å². The average Bonchev–Trinajstić information content (AvgIpc) is 2.95. The summed E-state index contributed by atoms with van der Waals surface area (Å²) in [6.07, 6.45) is -0.887. The van der Waals surface area contributed by atoms with Gasteiger partial charge in [-0.2, -0.15) is 0 Å². The van der Waals surface area contributed by atoms with E-state index in [2.05, 4.69) is 11.9 Å². The Labute approximate surface area is 155 Å². The van der Waals surface area contributed by atoms with Crippen LogP contribution in [-0.2, 0) is 16.1 Å². The second kappa shape index (κ2) is 8.25. The van der Waals surface area contributed by atoms with Gasteiger partial charge in [0.1, 0.15) is 12.2 Å². The highest BCUT2D eigenvalue weighted by Crippen LogP contribution is 2.24. The maximum Gasteiger partial charge on any atom is 0.410 e. The fourth-order valence-corrected chi connectivity index (χ4v) is 2.87. The van der Waals surface area contributed by atoms with Gasteiger partial charge in [0.25, 0.3) is 0 Å². The Morgan fingerprint density at radius 2 is 1.88 bits per heavy atom. The van der Waals surface area contributed by atoms with Crippen molar-refractivity contribution in [3.63, 3.8) is 0 Å². The lowest BCUT2D eigenvalue weighted by Gasteiger charge is -2.24. The van der Waals surface area contributed by atoms with Crippen molar-refractivity contribution in [1.29, 1.82) is 0 Å². The van der Waals surface area contributed by atoms with Crippen LogP contribution in [-0.4, -0.2) is 41.8 Å². The third kappa shape index (κ3) is 5.79. The number of hydrogen-bond donors (Lipinski definition) is 1. The summed E-state index contributed by atoms with van der Waals surface area (Å²) in [6.45, 7) is 12.4. The fraction of sp³-hybridized carbons (Fsp3) is 0.500. The molecule has 2 rings (SSSR count). The molecule has 142 valence electrons. The van der Waals surface area contributed by atoms with Crippen LogP contribution in [0.25, 0.3) is 0 Å². The fourth-order valence-electron chi connectivity index (χ4n) is 2.87. The first kappa shape index (κ1) is 19.8. The summed E-state index contributed by atoms with van der Waals surface area (Å²) < 4.78 is 10.7. The average molecular weight is 360 g/mol. The lowest BCUT2D eigenvalue weighted by molar-refractivity contribution is 0.0497. The number of nitrogens with one attached hydrogen (secondary N) is 1. The summed E-state index contributed by atoms with van der Waals surface area (Å²) in [5, 5.41) is 2.85. The Balaban J connectivity index is 1.93. The first-order valence-corrected chi connectivity index (χ1v) is 8.76. The molecule has 1 heterocycles. The molecule has 0 aromatic heterocycles. The molecule has 1 aromatic carbocycles. The molecule has 1 unspecified atom stereocenters. The van der Waals surface area contributed by atoms with E-state index < -0.39 is 17.8 Å². The van der Waals surface area contributed by atoms with Crippen molar-refractivity contribution in [2.75, 3.05) is 13.1 Å². The number of hydrogen-bond acceptors (Lipinski definition) is 4. The number of ether oxygens (including phenoxy) is 2. The van der Waals surface area contributed by atoms with E-state index in [1.807, 2.05) is 58.0 Å². The van der Waals surface area contributed by atoms with Gasteiger partial charge in [0.05, 0.1) is 6.04 Å². The monoisotopic (exact) mass is 360 g/mol. The Morgan fingerprint density at radius 3 is 2.46 bits per heavy atom. The Bertz CT molecular complexity index is 652. The van der Waals surface area contributed by atoms with Crippen molar-refractivity contribution in [2.24, 2.45) is 5.92 Å². The summed E-state index contributed by atoms with van der Waals surface area (Å²) in [7, 11) is 0. The molecule has 1 aliphatic rings. The minimum absolute atomic E-state index is 0.0354. The molecule has 6 nitrogen and oxygen atoms in total. The van der Waals surface area contributed by atoms with Crippen molar-refractivity contribution < 1.29 is 19.1 Å². The van der Waals surface area contributed by atoms with Crippen molar-refractivity contribution in [3.05, 3.63) is 48.0 Å². The van der Waals surface area contributed by atoms with Crippen LogP contribution >= 0.6 is 0 Å². The maximum absolute atomic E-state index is 12.4. The zero-order valence-corrected chi connectivity index (χ0v) is 16.0. The van der Waals surface area contributed by atoms with Gasteiger partial charge < -0.3 is 19.7 Å². The van der Waals surface area contributed by atoms with Gasteiger partial charge in [-0.05, 0) is 33.3 Å². The molecule has 2 atom stereocenters. The van der Waals surface area contributed by atoms with Crippen LogP contribution in [0.4, 0.5) is 9.59 Å². The van der Waals surface area contributed by atoms with E-state index in [-0.39, 0.29) is 18.6 Å². The molecular formula is C20H28N2O4. The number of rotatable bonds is 4. The van der Waals surface area contributed by atoms with Crippen LogP contribution in [0, 0.1) is 5.92 Å². The molecule has 1 aromatic rings. The number of nitrogens with zero attached hydrogens (tertiary/aromatic N) is 1. The lowest BCUT2D eigenvalue weighted by Crippen LogP contribution is -2.43. The van der Waals surface area contributed by atoms with Gasteiger partial charge in [-0.1, -0.05) is 42.5 Å². The summed E-state index contributed by atoms with van der Waals surface area (Å²) >= 11 is 0. The van der Waals surface area contributed by atoms with Gasteiger partial charge in [-0.15, -0.1) is 0 Å². The third-order valence-electron chi connectivity index (χ3n) is 4.12. The largest absolute Gasteiger partial charge is 0.445 e. The summed E-state index contributed by atoms with van der Waals surface area (Å²) in [4.78, 5) is 26.1. The molecule has 6 heteroatoms. The van der Waals surface area contributed by atoms with Crippen molar-refractivity contribution in [3.8, 4) is 0 Å². The zero-order chi connectivity index (χ0) is 19.3. The van der Waals surface area contributed by atoms with E-state index >= 15 is 0 Å². The molecule has 0 aliphatic carbocycles. The topological polar surface area (TPSA) is 67.9 Å². The minimum Gasteiger partial charge on any atom is -0.445 e. The van der Waals surface area contributed by atoms with E-state index in [9.17, 15) is 9.59 Å². The number of likely N-dealkylation sites (tertiary alicyclic amines) is 1. The normalized spacial score (nSPS) is 19.8. The highest BCUT2D eigenvalue weighted by atomic mass is 16.6. The quantitative estimate of drug-likeness (QED) is 0.831. The Morgan fingerprint density at radius 1 is 1.23 bits per heavy atom. The molecule has 1 aliphatic heterocycles. The molecule has 0 spiro atoms. The highest BCUT2D eigenvalue weighted by Gasteiger charge is 2.38. The molecule has 2 amide bonds. The predicted octanol–water partition coefficient (Wildman–Crippen LogP) is 3.72. The Hall–Kier alpha value is -2.50. The lowest BCUT2D eigenvalue weighted by atomic mass is 9.97. The number of amides is 2. The summed E-state index contributed by atoms with van der Waals surface area (Å²) in [5.41, 5.74) is 1.26. The molecule has 0 saturated carbocycles. The van der Waals surface area contributed by atoms with Gasteiger partial charge >= 0.3 is 12.2 Å². The molecule has 0 radical (unpaired) electrons. The number of carbonyl (C=O) groups is 2. The highest BCUT2D eigenvalue weighted by molar-refractivity contribution is 5.70. The van der Waals surface area contributed by atoms with E-state index in [0.717, 1.165) is 11.1 Å². The second-order valence-corrected chi connectivity index (χ2v) is 7.65. The SMILES string of the molecule is C=C(C)C1CN(C(=O)OCc2ccccc2)C[C@H]1NC(=O)OC(C)(C)C. The standard InChI is InChI=1S/C20H28N2O4/c1-14(2)16-11-22(12-17(16)21-18(23)26-20(3,4)5)19(24)25-13-15-9-7-6-8-10-15/h6-10,16-17H,1,11-13H2,2-5H3,(H,21,23)/t16?,17-/m1/s1. The smallest absolute Gasteiger partial charge is 0.410 e. The molecule has 1 N–H and O–H groups in total. The van der Waals surface area contributed by atoms with Crippen molar-refractivity contribution in [1.82, 2.24) is 10.2 Å². The van der Waals surface area contributed by atoms with Crippen LogP contribution < -0.4 is 5.32 Å². The molecule has 0 bridgehead atoms. The van der Waals surface area contributed by atoms with Crippen molar-refractivity contribution >= 4 is 12.2 Å². The van der Waals surface area contributed by atoms with E-state index in [1.165, 1.54) is 0 Å². The van der Waals surface area contributed by atoms with Crippen LogP contribution in [0.15, 0.2) is 42.5 Å².